The Balaban J connectivity index is 2.31. The standard InChI is InChI=1S/C10H19NO5S/c12-9-3-1-2-8(6-9)7-11-17(15,16)5-4-10(13)14/h8-9,11-12H,1-7H2,(H,13,14). The van der Waals surface area contributed by atoms with Gasteiger partial charge in [-0.2, -0.15) is 0 Å². The molecule has 0 radical (unpaired) electrons. The molecule has 7 heteroatoms. The van der Waals surface area contributed by atoms with Gasteiger partial charge in [0.05, 0.1) is 18.3 Å². The summed E-state index contributed by atoms with van der Waals surface area (Å²) in [7, 11) is -3.51. The summed E-state index contributed by atoms with van der Waals surface area (Å²) >= 11 is 0. The first-order chi connectivity index (χ1) is 7.89. The molecule has 0 aromatic carbocycles. The minimum absolute atomic E-state index is 0.151. The van der Waals surface area contributed by atoms with Crippen LogP contribution in [-0.2, 0) is 14.8 Å². The van der Waals surface area contributed by atoms with Crippen LogP contribution in [0.15, 0.2) is 0 Å². The second kappa shape index (κ2) is 6.32. The summed E-state index contributed by atoms with van der Waals surface area (Å²) in [6.07, 6.45) is 2.48. The highest BCUT2D eigenvalue weighted by molar-refractivity contribution is 7.89. The first-order valence-electron chi connectivity index (χ1n) is 5.76. The lowest BCUT2D eigenvalue weighted by molar-refractivity contribution is -0.136. The van der Waals surface area contributed by atoms with E-state index >= 15 is 0 Å². The number of hydrogen-bond donors (Lipinski definition) is 3. The second-order valence-electron chi connectivity index (χ2n) is 4.50. The molecule has 0 aromatic rings. The van der Waals surface area contributed by atoms with Crippen molar-refractivity contribution >= 4 is 16.0 Å². The topological polar surface area (TPSA) is 104 Å². The Kier molecular flexibility index (Phi) is 5.35. The molecule has 0 bridgehead atoms. The Hall–Kier alpha value is -0.660. The van der Waals surface area contributed by atoms with E-state index in [0.29, 0.717) is 13.0 Å². The van der Waals surface area contributed by atoms with Crippen molar-refractivity contribution in [3.63, 3.8) is 0 Å². The molecule has 17 heavy (non-hydrogen) atoms. The Labute approximate surface area is 101 Å². The van der Waals surface area contributed by atoms with Crippen molar-refractivity contribution in [3.8, 4) is 0 Å². The lowest BCUT2D eigenvalue weighted by Gasteiger charge is -2.25. The third-order valence-electron chi connectivity index (χ3n) is 2.93. The van der Waals surface area contributed by atoms with Crippen LogP contribution in [0.5, 0.6) is 0 Å². The van der Waals surface area contributed by atoms with E-state index in [0.717, 1.165) is 19.3 Å². The van der Waals surface area contributed by atoms with Crippen LogP contribution in [0.2, 0.25) is 0 Å². The van der Waals surface area contributed by atoms with Crippen molar-refractivity contribution in [2.75, 3.05) is 12.3 Å². The smallest absolute Gasteiger partial charge is 0.304 e. The molecule has 100 valence electrons. The summed E-state index contributed by atoms with van der Waals surface area (Å²) in [5.41, 5.74) is 0. The predicted octanol–water partition coefficient (Wildman–Crippen LogP) is -0.0684. The zero-order valence-corrected chi connectivity index (χ0v) is 10.4. The number of aliphatic hydroxyl groups is 1. The number of sulfonamides is 1. The molecular formula is C10H19NO5S. The van der Waals surface area contributed by atoms with Gasteiger partial charge in [0.1, 0.15) is 0 Å². The Morgan fingerprint density at radius 1 is 1.35 bits per heavy atom. The van der Waals surface area contributed by atoms with E-state index < -0.39 is 21.7 Å². The van der Waals surface area contributed by atoms with Crippen molar-refractivity contribution in [2.24, 2.45) is 5.92 Å². The van der Waals surface area contributed by atoms with Gasteiger partial charge in [-0.15, -0.1) is 0 Å². The molecule has 1 fully saturated rings. The van der Waals surface area contributed by atoms with E-state index in [4.69, 9.17) is 5.11 Å². The monoisotopic (exact) mass is 265 g/mol. The molecule has 3 N–H and O–H groups in total. The first-order valence-corrected chi connectivity index (χ1v) is 7.41. The van der Waals surface area contributed by atoms with Gasteiger partial charge in [-0.05, 0) is 25.2 Å². The summed E-state index contributed by atoms with van der Waals surface area (Å²) in [5.74, 6) is -1.36. The fourth-order valence-electron chi connectivity index (χ4n) is 1.99. The van der Waals surface area contributed by atoms with E-state index in [1.807, 2.05) is 0 Å². The molecule has 2 unspecified atom stereocenters. The molecule has 1 aliphatic carbocycles. The minimum Gasteiger partial charge on any atom is -0.481 e. The van der Waals surface area contributed by atoms with E-state index in [9.17, 15) is 18.3 Å². The van der Waals surface area contributed by atoms with Crippen molar-refractivity contribution in [3.05, 3.63) is 0 Å². The molecule has 1 saturated carbocycles. The quantitative estimate of drug-likeness (QED) is 0.624. The van der Waals surface area contributed by atoms with Crippen LogP contribution in [0.4, 0.5) is 0 Å². The number of carbonyl (C=O) groups is 1. The highest BCUT2D eigenvalue weighted by Crippen LogP contribution is 2.23. The van der Waals surface area contributed by atoms with Gasteiger partial charge in [0, 0.05) is 6.54 Å². The summed E-state index contributed by atoms with van der Waals surface area (Å²) < 4.78 is 25.2. The number of aliphatic hydroxyl groups excluding tert-OH is 1. The number of nitrogens with one attached hydrogen (secondary N) is 1. The van der Waals surface area contributed by atoms with Crippen LogP contribution in [-0.4, -0.2) is 43.0 Å². The largest absolute Gasteiger partial charge is 0.481 e. The molecule has 0 saturated heterocycles. The predicted molar refractivity (Wildman–Crippen MR) is 62.0 cm³/mol. The lowest BCUT2D eigenvalue weighted by Crippen LogP contribution is -2.34. The molecule has 0 aliphatic heterocycles. The van der Waals surface area contributed by atoms with Gasteiger partial charge >= 0.3 is 5.97 Å². The van der Waals surface area contributed by atoms with Crippen molar-refractivity contribution < 1.29 is 23.4 Å². The fourth-order valence-corrected chi connectivity index (χ4v) is 3.06. The molecule has 6 nitrogen and oxygen atoms in total. The van der Waals surface area contributed by atoms with Crippen LogP contribution in [0, 0.1) is 5.92 Å². The molecule has 0 spiro atoms. The maximum atomic E-state index is 11.4. The van der Waals surface area contributed by atoms with Crippen LogP contribution < -0.4 is 4.72 Å². The van der Waals surface area contributed by atoms with Crippen LogP contribution in [0.3, 0.4) is 0 Å². The van der Waals surface area contributed by atoms with Gasteiger partial charge < -0.3 is 10.2 Å². The summed E-state index contributed by atoms with van der Waals surface area (Å²) in [4.78, 5) is 10.3. The Bertz CT molecular complexity index is 354. The molecule has 1 aliphatic rings. The normalized spacial score (nSPS) is 25.7. The first kappa shape index (κ1) is 14.4. The molecule has 0 amide bonds. The summed E-state index contributed by atoms with van der Waals surface area (Å²) in [6.45, 7) is 0.291. The van der Waals surface area contributed by atoms with Gasteiger partial charge in [0.2, 0.25) is 10.0 Å². The van der Waals surface area contributed by atoms with Gasteiger partial charge in [0.25, 0.3) is 0 Å². The zero-order valence-electron chi connectivity index (χ0n) is 9.63. The highest BCUT2D eigenvalue weighted by Gasteiger charge is 2.22. The third kappa shape index (κ3) is 5.99. The zero-order chi connectivity index (χ0) is 12.9. The van der Waals surface area contributed by atoms with Crippen LogP contribution in [0.25, 0.3) is 0 Å². The van der Waals surface area contributed by atoms with Crippen LogP contribution >= 0.6 is 0 Å². The molecule has 1 rings (SSSR count). The Morgan fingerprint density at radius 2 is 2.06 bits per heavy atom. The number of carboxylic acids is 1. The van der Waals surface area contributed by atoms with Gasteiger partial charge in [0.15, 0.2) is 0 Å². The average Bonchev–Trinajstić information content (AvgIpc) is 2.24. The van der Waals surface area contributed by atoms with Crippen molar-refractivity contribution in [2.45, 2.75) is 38.2 Å². The fraction of sp³-hybridized carbons (Fsp3) is 0.900. The molecule has 2 atom stereocenters. The van der Waals surface area contributed by atoms with Crippen LogP contribution in [0.1, 0.15) is 32.1 Å². The van der Waals surface area contributed by atoms with E-state index in [1.54, 1.807) is 0 Å². The number of hydrogen-bond acceptors (Lipinski definition) is 4. The van der Waals surface area contributed by atoms with Crippen molar-refractivity contribution in [1.29, 1.82) is 0 Å². The highest BCUT2D eigenvalue weighted by atomic mass is 32.2. The summed E-state index contributed by atoms with van der Waals surface area (Å²) in [6, 6.07) is 0. The Morgan fingerprint density at radius 3 is 2.65 bits per heavy atom. The van der Waals surface area contributed by atoms with Gasteiger partial charge in [-0.3, -0.25) is 4.79 Å². The third-order valence-corrected chi connectivity index (χ3v) is 4.28. The summed E-state index contributed by atoms with van der Waals surface area (Å²) in [5, 5.41) is 17.8. The number of rotatable bonds is 6. The number of carboxylic acid groups (broad SMARTS) is 1. The SMILES string of the molecule is O=C(O)CCS(=O)(=O)NCC1CCCC(O)C1. The van der Waals surface area contributed by atoms with Gasteiger partial charge in [-0.25, -0.2) is 13.1 Å². The van der Waals surface area contributed by atoms with E-state index in [2.05, 4.69) is 4.72 Å². The van der Waals surface area contributed by atoms with Gasteiger partial charge in [-0.1, -0.05) is 6.42 Å². The second-order valence-corrected chi connectivity index (χ2v) is 6.42. The number of aliphatic carboxylic acids is 1. The molecular weight excluding hydrogens is 246 g/mol. The van der Waals surface area contributed by atoms with E-state index in [1.165, 1.54) is 0 Å². The van der Waals surface area contributed by atoms with E-state index in [-0.39, 0.29) is 18.4 Å². The minimum atomic E-state index is -3.51. The molecule has 0 heterocycles. The van der Waals surface area contributed by atoms with Crippen molar-refractivity contribution in [1.82, 2.24) is 4.72 Å². The lowest BCUT2D eigenvalue weighted by atomic mass is 9.87. The average molecular weight is 265 g/mol. The maximum absolute atomic E-state index is 11.4. The molecule has 0 aromatic heterocycles. The maximum Gasteiger partial charge on any atom is 0.304 e.